The number of thioether (sulfide) groups is 1. The van der Waals surface area contributed by atoms with Gasteiger partial charge in [-0.15, -0.1) is 23.4 Å². The second kappa shape index (κ2) is 4.86. The van der Waals surface area contributed by atoms with Crippen molar-refractivity contribution >= 4 is 28.9 Å². The smallest absolute Gasteiger partial charge is 0.122 e. The molecule has 3 nitrogen and oxygen atoms in total. The van der Waals surface area contributed by atoms with Crippen molar-refractivity contribution in [3.8, 4) is 0 Å². The zero-order valence-corrected chi connectivity index (χ0v) is 10.1. The van der Waals surface area contributed by atoms with E-state index in [9.17, 15) is 0 Å². The SMILES string of the molecule is Cc1cc2c(SCCCCl)nccn2n1. The molecule has 0 spiro atoms. The Hall–Kier alpha value is -0.740. The third-order valence-corrected chi connectivity index (χ3v) is 3.34. The number of alkyl halides is 1. The number of hydrogen-bond acceptors (Lipinski definition) is 3. The summed E-state index contributed by atoms with van der Waals surface area (Å²) in [6, 6.07) is 2.05. The predicted molar refractivity (Wildman–Crippen MR) is 63.8 cm³/mol. The Morgan fingerprint density at radius 2 is 2.40 bits per heavy atom. The molecule has 2 aromatic rings. The Balaban J connectivity index is 2.25. The van der Waals surface area contributed by atoms with E-state index in [0.29, 0.717) is 5.88 Å². The van der Waals surface area contributed by atoms with E-state index >= 15 is 0 Å². The zero-order chi connectivity index (χ0) is 10.7. The van der Waals surface area contributed by atoms with Gasteiger partial charge < -0.3 is 0 Å². The summed E-state index contributed by atoms with van der Waals surface area (Å²) >= 11 is 7.37. The van der Waals surface area contributed by atoms with Gasteiger partial charge >= 0.3 is 0 Å². The van der Waals surface area contributed by atoms with Crippen LogP contribution in [0.1, 0.15) is 12.1 Å². The van der Waals surface area contributed by atoms with E-state index in [0.717, 1.165) is 28.4 Å². The highest BCUT2D eigenvalue weighted by atomic mass is 35.5. The molecule has 2 rings (SSSR count). The van der Waals surface area contributed by atoms with Crippen LogP contribution in [-0.4, -0.2) is 26.2 Å². The number of fused-ring (bicyclic) bond motifs is 1. The summed E-state index contributed by atoms with van der Waals surface area (Å²) in [4.78, 5) is 4.35. The highest BCUT2D eigenvalue weighted by Crippen LogP contribution is 2.22. The number of halogens is 1. The van der Waals surface area contributed by atoms with E-state index in [2.05, 4.69) is 16.1 Å². The number of rotatable bonds is 4. The average molecular weight is 242 g/mol. The molecule has 0 aromatic carbocycles. The van der Waals surface area contributed by atoms with Gasteiger partial charge in [-0.05, 0) is 19.4 Å². The van der Waals surface area contributed by atoms with E-state index in [-0.39, 0.29) is 0 Å². The summed E-state index contributed by atoms with van der Waals surface area (Å²) in [7, 11) is 0. The van der Waals surface area contributed by atoms with Crippen LogP contribution in [-0.2, 0) is 0 Å². The minimum atomic E-state index is 0.703. The number of hydrogen-bond donors (Lipinski definition) is 0. The summed E-state index contributed by atoms with van der Waals surface area (Å²) in [6.45, 7) is 1.99. The van der Waals surface area contributed by atoms with E-state index in [1.54, 1.807) is 18.0 Å². The van der Waals surface area contributed by atoms with Gasteiger partial charge in [-0.3, -0.25) is 0 Å². The van der Waals surface area contributed by atoms with Crippen molar-refractivity contribution in [2.45, 2.75) is 18.4 Å². The second-order valence-corrected chi connectivity index (χ2v) is 4.70. The van der Waals surface area contributed by atoms with E-state index < -0.39 is 0 Å². The van der Waals surface area contributed by atoms with E-state index in [4.69, 9.17) is 11.6 Å². The fourth-order valence-corrected chi connectivity index (χ4v) is 2.56. The van der Waals surface area contributed by atoms with Gasteiger partial charge in [-0.2, -0.15) is 5.10 Å². The van der Waals surface area contributed by atoms with Gasteiger partial charge in [0.2, 0.25) is 0 Å². The second-order valence-electron chi connectivity index (χ2n) is 3.24. The Morgan fingerprint density at radius 3 is 3.20 bits per heavy atom. The molecular formula is C10H12ClN3S. The predicted octanol–water partition coefficient (Wildman–Crippen LogP) is 2.76. The molecule has 15 heavy (non-hydrogen) atoms. The molecule has 0 atom stereocenters. The number of aryl methyl sites for hydroxylation is 1. The molecule has 0 saturated heterocycles. The first-order valence-corrected chi connectivity index (χ1v) is 6.33. The van der Waals surface area contributed by atoms with Crippen molar-refractivity contribution in [2.24, 2.45) is 0 Å². The lowest BCUT2D eigenvalue weighted by Crippen LogP contribution is -1.91. The van der Waals surface area contributed by atoms with Gasteiger partial charge in [-0.1, -0.05) is 0 Å². The zero-order valence-electron chi connectivity index (χ0n) is 8.48. The first kappa shape index (κ1) is 10.8. The molecule has 0 unspecified atom stereocenters. The van der Waals surface area contributed by atoms with Crippen LogP contribution in [0.2, 0.25) is 0 Å². The minimum absolute atomic E-state index is 0.703. The maximum atomic E-state index is 5.64. The van der Waals surface area contributed by atoms with Crippen LogP contribution in [0, 0.1) is 6.92 Å². The molecule has 0 amide bonds. The fraction of sp³-hybridized carbons (Fsp3) is 0.400. The molecule has 0 bridgehead atoms. The summed E-state index contributed by atoms with van der Waals surface area (Å²) in [6.07, 6.45) is 4.65. The molecule has 80 valence electrons. The molecule has 2 aromatic heterocycles. The van der Waals surface area contributed by atoms with Crippen LogP contribution in [0.25, 0.3) is 5.52 Å². The van der Waals surface area contributed by atoms with Gasteiger partial charge in [-0.25, -0.2) is 9.50 Å². The largest absolute Gasteiger partial charge is 0.246 e. The van der Waals surface area contributed by atoms with E-state index in [1.165, 1.54) is 0 Å². The first-order valence-electron chi connectivity index (χ1n) is 4.81. The van der Waals surface area contributed by atoms with Crippen molar-refractivity contribution in [2.75, 3.05) is 11.6 Å². The Morgan fingerprint density at radius 1 is 1.53 bits per heavy atom. The number of aromatic nitrogens is 3. The molecule has 2 heterocycles. The maximum Gasteiger partial charge on any atom is 0.122 e. The van der Waals surface area contributed by atoms with Gasteiger partial charge in [0.1, 0.15) is 5.03 Å². The monoisotopic (exact) mass is 241 g/mol. The lowest BCUT2D eigenvalue weighted by Gasteiger charge is -2.00. The molecule has 0 fully saturated rings. The highest BCUT2D eigenvalue weighted by Gasteiger charge is 2.05. The van der Waals surface area contributed by atoms with Crippen molar-refractivity contribution in [1.29, 1.82) is 0 Å². The van der Waals surface area contributed by atoms with Crippen LogP contribution in [0.5, 0.6) is 0 Å². The summed E-state index contributed by atoms with van der Waals surface area (Å²) in [5.74, 6) is 1.70. The quantitative estimate of drug-likeness (QED) is 0.469. The molecule has 0 N–H and O–H groups in total. The van der Waals surface area contributed by atoms with Crippen LogP contribution in [0.4, 0.5) is 0 Å². The molecule has 0 radical (unpaired) electrons. The van der Waals surface area contributed by atoms with Crippen LogP contribution in [0.3, 0.4) is 0 Å². The third-order valence-electron chi connectivity index (χ3n) is 1.99. The normalized spacial score (nSPS) is 11.1. The van der Waals surface area contributed by atoms with Crippen molar-refractivity contribution in [3.63, 3.8) is 0 Å². The lowest BCUT2D eigenvalue weighted by atomic mass is 10.4. The van der Waals surface area contributed by atoms with Gasteiger partial charge in [0.25, 0.3) is 0 Å². The third kappa shape index (κ3) is 2.44. The van der Waals surface area contributed by atoms with Crippen LogP contribution in [0.15, 0.2) is 23.5 Å². The topological polar surface area (TPSA) is 30.2 Å². The van der Waals surface area contributed by atoms with Crippen molar-refractivity contribution in [3.05, 3.63) is 24.2 Å². The van der Waals surface area contributed by atoms with E-state index in [1.807, 2.05) is 17.6 Å². The fourth-order valence-electron chi connectivity index (χ4n) is 1.35. The van der Waals surface area contributed by atoms with Gasteiger partial charge in [0.05, 0.1) is 11.2 Å². The van der Waals surface area contributed by atoms with Gasteiger partial charge in [0.15, 0.2) is 0 Å². The number of nitrogens with zero attached hydrogens (tertiary/aromatic N) is 3. The van der Waals surface area contributed by atoms with Gasteiger partial charge in [0, 0.05) is 24.0 Å². The highest BCUT2D eigenvalue weighted by molar-refractivity contribution is 7.99. The Bertz CT molecular complexity index is 455. The average Bonchev–Trinajstić information content (AvgIpc) is 2.59. The lowest BCUT2D eigenvalue weighted by molar-refractivity contribution is 0.899. The summed E-state index contributed by atoms with van der Waals surface area (Å²) < 4.78 is 1.87. The van der Waals surface area contributed by atoms with Crippen molar-refractivity contribution in [1.82, 2.24) is 14.6 Å². The Labute approximate surface area is 97.8 Å². The summed E-state index contributed by atoms with van der Waals surface area (Å²) in [5.41, 5.74) is 2.09. The maximum absolute atomic E-state index is 5.64. The Kier molecular flexibility index (Phi) is 3.49. The molecular weight excluding hydrogens is 230 g/mol. The van der Waals surface area contributed by atoms with Crippen LogP contribution < -0.4 is 0 Å². The molecule has 5 heteroatoms. The standard InChI is InChI=1S/C10H12ClN3S/c1-8-7-9-10(15-6-2-3-11)12-4-5-14(9)13-8/h4-5,7H,2-3,6H2,1H3. The van der Waals surface area contributed by atoms with Crippen molar-refractivity contribution < 1.29 is 0 Å². The minimum Gasteiger partial charge on any atom is -0.246 e. The molecule has 0 aliphatic rings. The molecule has 0 saturated carbocycles. The van der Waals surface area contributed by atoms with Crippen LogP contribution >= 0.6 is 23.4 Å². The molecule has 0 aliphatic carbocycles. The summed E-state index contributed by atoms with van der Waals surface area (Å²) in [5, 5.41) is 5.37. The molecule has 0 aliphatic heterocycles. The first-order chi connectivity index (χ1) is 7.31.